The monoisotopic (exact) mass is 360 g/mol. The maximum atomic E-state index is 11.6. The number of aryl methyl sites for hydroxylation is 2. The van der Waals surface area contributed by atoms with Crippen LogP contribution in [0.2, 0.25) is 5.02 Å². The molecule has 3 nitrogen and oxygen atoms in total. The number of aromatic nitrogens is 2. The zero-order chi connectivity index (χ0) is 12.6. The van der Waals surface area contributed by atoms with E-state index < -0.39 is 0 Å². The number of H-pyrrole nitrogens is 1. The summed E-state index contributed by atoms with van der Waals surface area (Å²) in [5.41, 5.74) is 2.42. The number of aromatic amines is 1. The first-order chi connectivity index (χ1) is 7.99. The predicted octanol–water partition coefficient (Wildman–Crippen LogP) is 3.31. The van der Waals surface area contributed by atoms with Crippen LogP contribution in [0.25, 0.3) is 11.4 Å². The lowest BCUT2D eigenvalue weighted by Gasteiger charge is -2.05. The summed E-state index contributed by atoms with van der Waals surface area (Å²) in [6.07, 6.45) is 0. The second-order valence-corrected chi connectivity index (χ2v) is 5.26. The van der Waals surface area contributed by atoms with Gasteiger partial charge in [-0.3, -0.25) is 4.79 Å². The zero-order valence-corrected chi connectivity index (χ0v) is 12.3. The molecule has 0 spiro atoms. The van der Waals surface area contributed by atoms with Gasteiger partial charge in [0.25, 0.3) is 5.56 Å². The van der Waals surface area contributed by atoms with Crippen LogP contribution in [-0.4, -0.2) is 9.97 Å². The number of rotatable bonds is 1. The molecule has 0 saturated carbocycles. The predicted molar refractivity (Wildman–Crippen MR) is 77.5 cm³/mol. The topological polar surface area (TPSA) is 45.8 Å². The second kappa shape index (κ2) is 4.78. The Balaban J connectivity index is 2.61. The number of benzene rings is 1. The Morgan fingerprint density at radius 1 is 1.35 bits per heavy atom. The fraction of sp³-hybridized carbons (Fsp3) is 0.167. The van der Waals surface area contributed by atoms with Gasteiger partial charge in [0.2, 0.25) is 0 Å². The van der Waals surface area contributed by atoms with Crippen molar-refractivity contribution < 1.29 is 0 Å². The van der Waals surface area contributed by atoms with Crippen molar-refractivity contribution in [2.24, 2.45) is 0 Å². The Morgan fingerprint density at radius 2 is 2.06 bits per heavy atom. The highest BCUT2D eigenvalue weighted by Gasteiger charge is 2.07. The highest BCUT2D eigenvalue weighted by molar-refractivity contribution is 14.1. The lowest BCUT2D eigenvalue weighted by atomic mass is 10.1. The molecule has 0 atom stereocenters. The molecule has 1 N–H and O–H groups in total. The Kier molecular flexibility index (Phi) is 3.53. The SMILES string of the molecule is Cc1ccc(-c2nc(C)c(I)c(=O)[nH]2)cc1Cl. The Morgan fingerprint density at radius 3 is 2.65 bits per heavy atom. The first-order valence-corrected chi connectivity index (χ1v) is 6.47. The minimum absolute atomic E-state index is 0.121. The molecule has 5 heteroatoms. The minimum atomic E-state index is -0.121. The van der Waals surface area contributed by atoms with Crippen LogP contribution in [0.4, 0.5) is 0 Å². The highest BCUT2D eigenvalue weighted by Crippen LogP contribution is 2.22. The Hall–Kier alpha value is -0.880. The smallest absolute Gasteiger partial charge is 0.264 e. The maximum absolute atomic E-state index is 11.6. The van der Waals surface area contributed by atoms with Crippen molar-refractivity contribution in [1.82, 2.24) is 9.97 Å². The molecule has 0 bridgehead atoms. The molecule has 0 radical (unpaired) electrons. The highest BCUT2D eigenvalue weighted by atomic mass is 127. The van der Waals surface area contributed by atoms with Crippen molar-refractivity contribution in [3.63, 3.8) is 0 Å². The fourth-order valence-corrected chi connectivity index (χ4v) is 1.88. The summed E-state index contributed by atoms with van der Waals surface area (Å²) in [4.78, 5) is 18.7. The molecule has 1 aromatic heterocycles. The Labute approximate surface area is 117 Å². The molecular weight excluding hydrogens is 351 g/mol. The van der Waals surface area contributed by atoms with Crippen LogP contribution in [0.5, 0.6) is 0 Å². The van der Waals surface area contributed by atoms with Crippen LogP contribution in [0.15, 0.2) is 23.0 Å². The van der Waals surface area contributed by atoms with Gasteiger partial charge in [0.15, 0.2) is 0 Å². The average Bonchev–Trinajstić information content (AvgIpc) is 2.29. The molecule has 88 valence electrons. The van der Waals surface area contributed by atoms with Crippen LogP contribution in [0.3, 0.4) is 0 Å². The first kappa shape index (κ1) is 12.6. The summed E-state index contributed by atoms with van der Waals surface area (Å²) in [6, 6.07) is 5.61. The van der Waals surface area contributed by atoms with E-state index in [0.29, 0.717) is 14.4 Å². The standard InChI is InChI=1S/C12H10ClIN2O/c1-6-3-4-8(5-9(6)13)11-15-7(2)10(14)12(17)16-11/h3-5H,1-2H3,(H,15,16,17). The third-order valence-electron chi connectivity index (χ3n) is 2.47. The zero-order valence-electron chi connectivity index (χ0n) is 9.34. The average molecular weight is 361 g/mol. The molecule has 1 aromatic carbocycles. The van der Waals surface area contributed by atoms with Gasteiger partial charge in [0, 0.05) is 10.6 Å². The third-order valence-corrected chi connectivity index (χ3v) is 4.15. The van der Waals surface area contributed by atoms with Crippen molar-refractivity contribution in [2.45, 2.75) is 13.8 Å². The van der Waals surface area contributed by atoms with Gasteiger partial charge in [0.1, 0.15) is 5.82 Å². The number of nitrogens with one attached hydrogen (secondary N) is 1. The third kappa shape index (κ3) is 2.52. The van der Waals surface area contributed by atoms with E-state index in [2.05, 4.69) is 9.97 Å². The molecule has 0 unspecified atom stereocenters. The molecule has 1 heterocycles. The summed E-state index contributed by atoms with van der Waals surface area (Å²) >= 11 is 8.04. The van der Waals surface area contributed by atoms with Crippen molar-refractivity contribution >= 4 is 34.2 Å². The first-order valence-electron chi connectivity index (χ1n) is 5.02. The minimum Gasteiger partial charge on any atom is -0.306 e. The molecule has 0 saturated heterocycles. The lowest BCUT2D eigenvalue weighted by Crippen LogP contribution is -2.14. The lowest BCUT2D eigenvalue weighted by molar-refractivity contribution is 1.05. The molecule has 0 fully saturated rings. The van der Waals surface area contributed by atoms with Crippen LogP contribution in [0, 0.1) is 17.4 Å². The van der Waals surface area contributed by atoms with Crippen LogP contribution < -0.4 is 5.56 Å². The van der Waals surface area contributed by atoms with E-state index in [4.69, 9.17) is 11.6 Å². The summed E-state index contributed by atoms with van der Waals surface area (Å²) in [6.45, 7) is 3.75. The van der Waals surface area contributed by atoms with Gasteiger partial charge in [0.05, 0.1) is 9.26 Å². The van der Waals surface area contributed by atoms with E-state index in [1.165, 1.54) is 0 Å². The van der Waals surface area contributed by atoms with Gasteiger partial charge in [-0.05, 0) is 48.1 Å². The van der Waals surface area contributed by atoms with E-state index >= 15 is 0 Å². The summed E-state index contributed by atoms with van der Waals surface area (Å²) in [7, 11) is 0. The largest absolute Gasteiger partial charge is 0.306 e. The van der Waals surface area contributed by atoms with Gasteiger partial charge in [-0.25, -0.2) is 4.98 Å². The van der Waals surface area contributed by atoms with Crippen LogP contribution in [-0.2, 0) is 0 Å². The van der Waals surface area contributed by atoms with Gasteiger partial charge in [-0.2, -0.15) is 0 Å². The molecule has 0 amide bonds. The van der Waals surface area contributed by atoms with Gasteiger partial charge < -0.3 is 4.98 Å². The van der Waals surface area contributed by atoms with Gasteiger partial charge in [-0.15, -0.1) is 0 Å². The number of nitrogens with zero attached hydrogens (tertiary/aromatic N) is 1. The molecule has 0 aliphatic carbocycles. The van der Waals surface area contributed by atoms with Crippen molar-refractivity contribution in [3.8, 4) is 11.4 Å². The van der Waals surface area contributed by atoms with Crippen molar-refractivity contribution in [1.29, 1.82) is 0 Å². The van der Waals surface area contributed by atoms with Crippen LogP contribution >= 0.6 is 34.2 Å². The maximum Gasteiger partial charge on any atom is 0.264 e. The quantitative estimate of drug-likeness (QED) is 0.793. The summed E-state index contributed by atoms with van der Waals surface area (Å²) in [5.74, 6) is 0.551. The molecule has 2 aromatic rings. The number of hydrogen-bond donors (Lipinski definition) is 1. The van der Waals surface area contributed by atoms with Crippen LogP contribution in [0.1, 0.15) is 11.3 Å². The molecular formula is C12H10ClIN2O. The summed E-state index contributed by atoms with van der Waals surface area (Å²) in [5, 5.41) is 0.668. The van der Waals surface area contributed by atoms with E-state index in [-0.39, 0.29) is 5.56 Å². The Bertz CT molecular complexity index is 637. The fourth-order valence-electron chi connectivity index (χ4n) is 1.45. The molecule has 0 aliphatic heterocycles. The van der Waals surface area contributed by atoms with Crippen molar-refractivity contribution in [2.75, 3.05) is 0 Å². The normalized spacial score (nSPS) is 10.6. The van der Waals surface area contributed by atoms with E-state index in [1.807, 2.05) is 54.6 Å². The molecule has 17 heavy (non-hydrogen) atoms. The number of hydrogen-bond acceptors (Lipinski definition) is 2. The number of halogens is 2. The van der Waals surface area contributed by atoms with Crippen molar-refractivity contribution in [3.05, 3.63) is 48.4 Å². The van der Waals surface area contributed by atoms with E-state index in [1.54, 1.807) is 0 Å². The molecule has 0 aliphatic rings. The van der Waals surface area contributed by atoms with E-state index in [0.717, 1.165) is 16.8 Å². The second-order valence-electron chi connectivity index (χ2n) is 3.78. The van der Waals surface area contributed by atoms with Gasteiger partial charge in [-0.1, -0.05) is 23.7 Å². The molecule has 2 rings (SSSR count). The van der Waals surface area contributed by atoms with E-state index in [9.17, 15) is 4.79 Å². The summed E-state index contributed by atoms with van der Waals surface area (Å²) < 4.78 is 0.615. The van der Waals surface area contributed by atoms with Gasteiger partial charge >= 0.3 is 0 Å².